The van der Waals surface area contributed by atoms with E-state index in [4.69, 9.17) is 9.15 Å². The minimum Gasteiger partial charge on any atom is -0.441 e. The van der Waals surface area contributed by atoms with Gasteiger partial charge in [0.1, 0.15) is 5.76 Å². The van der Waals surface area contributed by atoms with Crippen LogP contribution in [0.1, 0.15) is 17.0 Å². The van der Waals surface area contributed by atoms with Crippen molar-refractivity contribution < 1.29 is 9.15 Å². The lowest BCUT2D eigenvalue weighted by Gasteiger charge is -1.95. The van der Waals surface area contributed by atoms with Crippen molar-refractivity contribution in [1.82, 2.24) is 4.98 Å². The lowest BCUT2D eigenvalue weighted by atomic mass is 10.1. The van der Waals surface area contributed by atoms with Crippen molar-refractivity contribution in [3.05, 3.63) is 41.3 Å². The van der Waals surface area contributed by atoms with Crippen LogP contribution >= 0.6 is 0 Å². The standard InChI is InChI=1S/C14H17NO2/c1-10-4-6-12(7-5-10)14-15-13(8-9-16-3)11(2)17-14/h4-7H,8-9H2,1-3H3. The van der Waals surface area contributed by atoms with Gasteiger partial charge in [-0.1, -0.05) is 17.7 Å². The Bertz CT molecular complexity index is 485. The number of oxazole rings is 1. The maximum atomic E-state index is 5.67. The zero-order valence-corrected chi connectivity index (χ0v) is 10.5. The summed E-state index contributed by atoms with van der Waals surface area (Å²) in [7, 11) is 1.69. The third kappa shape index (κ3) is 2.74. The normalized spacial score (nSPS) is 10.8. The minimum absolute atomic E-state index is 0.667. The van der Waals surface area contributed by atoms with Crippen molar-refractivity contribution in [2.75, 3.05) is 13.7 Å². The molecule has 3 heteroatoms. The van der Waals surface area contributed by atoms with Crippen molar-refractivity contribution in [2.45, 2.75) is 20.3 Å². The fraction of sp³-hybridized carbons (Fsp3) is 0.357. The van der Waals surface area contributed by atoms with Crippen LogP contribution in [0, 0.1) is 13.8 Å². The van der Waals surface area contributed by atoms with Gasteiger partial charge in [0.15, 0.2) is 0 Å². The van der Waals surface area contributed by atoms with Gasteiger partial charge in [0, 0.05) is 19.1 Å². The second kappa shape index (κ2) is 5.15. The number of methoxy groups -OCH3 is 1. The molecule has 90 valence electrons. The average Bonchev–Trinajstić information content (AvgIpc) is 2.69. The van der Waals surface area contributed by atoms with Gasteiger partial charge in [0.05, 0.1) is 12.3 Å². The molecule has 0 fully saturated rings. The Balaban J connectivity index is 2.24. The predicted octanol–water partition coefficient (Wildman–Crippen LogP) is 3.15. The number of aryl methyl sites for hydroxylation is 2. The van der Waals surface area contributed by atoms with Gasteiger partial charge in [-0.25, -0.2) is 4.98 Å². The molecule has 1 aromatic carbocycles. The van der Waals surface area contributed by atoms with Crippen LogP contribution in [0.2, 0.25) is 0 Å². The van der Waals surface area contributed by atoms with Crippen LogP contribution in [0.4, 0.5) is 0 Å². The van der Waals surface area contributed by atoms with Gasteiger partial charge in [-0.15, -0.1) is 0 Å². The Labute approximate surface area is 101 Å². The van der Waals surface area contributed by atoms with Gasteiger partial charge in [-0.3, -0.25) is 0 Å². The number of nitrogens with zero attached hydrogens (tertiary/aromatic N) is 1. The summed E-state index contributed by atoms with van der Waals surface area (Å²) in [5.74, 6) is 1.56. The van der Waals surface area contributed by atoms with E-state index in [2.05, 4.69) is 24.0 Å². The molecular formula is C14H17NO2. The third-order valence-electron chi connectivity index (χ3n) is 2.73. The summed E-state index contributed by atoms with van der Waals surface area (Å²) in [4.78, 5) is 4.50. The molecule has 0 aliphatic carbocycles. The fourth-order valence-electron chi connectivity index (χ4n) is 1.68. The molecule has 0 saturated heterocycles. The van der Waals surface area contributed by atoms with Crippen LogP contribution < -0.4 is 0 Å². The number of hydrogen-bond acceptors (Lipinski definition) is 3. The molecular weight excluding hydrogens is 214 g/mol. The van der Waals surface area contributed by atoms with E-state index >= 15 is 0 Å². The summed E-state index contributed by atoms with van der Waals surface area (Å²) < 4.78 is 10.7. The number of rotatable bonds is 4. The number of aromatic nitrogens is 1. The van der Waals surface area contributed by atoms with E-state index in [1.54, 1.807) is 7.11 Å². The molecule has 17 heavy (non-hydrogen) atoms. The van der Waals surface area contributed by atoms with Crippen LogP contribution in [0.15, 0.2) is 28.7 Å². The van der Waals surface area contributed by atoms with Gasteiger partial charge in [-0.05, 0) is 26.0 Å². The van der Waals surface area contributed by atoms with E-state index in [0.717, 1.165) is 23.4 Å². The molecule has 1 aromatic heterocycles. The Morgan fingerprint density at radius 1 is 1.18 bits per heavy atom. The molecule has 3 nitrogen and oxygen atoms in total. The lowest BCUT2D eigenvalue weighted by Crippen LogP contribution is -1.96. The zero-order valence-electron chi connectivity index (χ0n) is 10.5. The summed E-state index contributed by atoms with van der Waals surface area (Å²) >= 11 is 0. The first kappa shape index (κ1) is 11.9. The molecule has 2 aromatic rings. The highest BCUT2D eigenvalue weighted by Crippen LogP contribution is 2.22. The maximum Gasteiger partial charge on any atom is 0.226 e. The largest absolute Gasteiger partial charge is 0.441 e. The lowest BCUT2D eigenvalue weighted by molar-refractivity contribution is 0.201. The van der Waals surface area contributed by atoms with Gasteiger partial charge in [0.25, 0.3) is 0 Å². The van der Waals surface area contributed by atoms with E-state index in [1.165, 1.54) is 5.56 Å². The molecule has 0 unspecified atom stereocenters. The van der Waals surface area contributed by atoms with E-state index in [0.29, 0.717) is 12.5 Å². The van der Waals surface area contributed by atoms with Crippen molar-refractivity contribution in [1.29, 1.82) is 0 Å². The highest BCUT2D eigenvalue weighted by molar-refractivity contribution is 5.54. The molecule has 0 spiro atoms. The summed E-state index contributed by atoms with van der Waals surface area (Å²) in [6, 6.07) is 8.18. The molecule has 0 amide bonds. The molecule has 0 N–H and O–H groups in total. The molecule has 0 bridgehead atoms. The Kier molecular flexibility index (Phi) is 3.59. The molecule has 0 saturated carbocycles. The summed E-state index contributed by atoms with van der Waals surface area (Å²) in [6.07, 6.45) is 0.789. The van der Waals surface area contributed by atoms with Crippen molar-refractivity contribution in [3.8, 4) is 11.5 Å². The molecule has 0 aliphatic heterocycles. The predicted molar refractivity (Wildman–Crippen MR) is 67.0 cm³/mol. The molecule has 0 aliphatic rings. The highest BCUT2D eigenvalue weighted by Gasteiger charge is 2.10. The third-order valence-corrected chi connectivity index (χ3v) is 2.73. The first-order chi connectivity index (χ1) is 8.20. The quantitative estimate of drug-likeness (QED) is 0.810. The van der Waals surface area contributed by atoms with E-state index in [-0.39, 0.29) is 0 Å². The number of benzene rings is 1. The first-order valence-electron chi connectivity index (χ1n) is 5.73. The molecule has 1 heterocycles. The smallest absolute Gasteiger partial charge is 0.226 e. The van der Waals surface area contributed by atoms with Gasteiger partial charge in [0.2, 0.25) is 5.89 Å². The van der Waals surface area contributed by atoms with E-state index < -0.39 is 0 Å². The Morgan fingerprint density at radius 3 is 2.53 bits per heavy atom. The Morgan fingerprint density at radius 2 is 1.88 bits per heavy atom. The fourth-order valence-corrected chi connectivity index (χ4v) is 1.68. The maximum absolute atomic E-state index is 5.67. The van der Waals surface area contributed by atoms with Crippen LogP contribution in [-0.4, -0.2) is 18.7 Å². The molecule has 0 atom stereocenters. The monoisotopic (exact) mass is 231 g/mol. The van der Waals surface area contributed by atoms with Crippen LogP contribution in [0.5, 0.6) is 0 Å². The second-order valence-electron chi connectivity index (χ2n) is 4.13. The second-order valence-corrected chi connectivity index (χ2v) is 4.13. The zero-order chi connectivity index (χ0) is 12.3. The SMILES string of the molecule is COCCc1nc(-c2ccc(C)cc2)oc1C. The van der Waals surface area contributed by atoms with Crippen molar-refractivity contribution in [2.24, 2.45) is 0 Å². The van der Waals surface area contributed by atoms with E-state index in [1.807, 2.05) is 19.1 Å². The van der Waals surface area contributed by atoms with Crippen LogP contribution in [-0.2, 0) is 11.2 Å². The highest BCUT2D eigenvalue weighted by atomic mass is 16.5. The van der Waals surface area contributed by atoms with Gasteiger partial charge >= 0.3 is 0 Å². The Hall–Kier alpha value is -1.61. The van der Waals surface area contributed by atoms with Crippen LogP contribution in [0.25, 0.3) is 11.5 Å². The van der Waals surface area contributed by atoms with Gasteiger partial charge in [-0.2, -0.15) is 0 Å². The number of ether oxygens (including phenoxy) is 1. The topological polar surface area (TPSA) is 35.3 Å². The number of hydrogen-bond donors (Lipinski definition) is 0. The minimum atomic E-state index is 0.667. The summed E-state index contributed by atoms with van der Waals surface area (Å²) in [5, 5.41) is 0. The van der Waals surface area contributed by atoms with Gasteiger partial charge < -0.3 is 9.15 Å². The van der Waals surface area contributed by atoms with Crippen molar-refractivity contribution >= 4 is 0 Å². The average molecular weight is 231 g/mol. The van der Waals surface area contributed by atoms with E-state index in [9.17, 15) is 0 Å². The van der Waals surface area contributed by atoms with Crippen molar-refractivity contribution in [3.63, 3.8) is 0 Å². The molecule has 0 radical (unpaired) electrons. The first-order valence-corrected chi connectivity index (χ1v) is 5.73. The summed E-state index contributed by atoms with van der Waals surface area (Å²) in [6.45, 7) is 4.67. The summed E-state index contributed by atoms with van der Waals surface area (Å²) in [5.41, 5.74) is 3.22. The van der Waals surface area contributed by atoms with Crippen LogP contribution in [0.3, 0.4) is 0 Å². The molecule has 2 rings (SSSR count).